The first kappa shape index (κ1) is 12.2. The van der Waals surface area contributed by atoms with Crippen LogP contribution in [0.15, 0.2) is 42.5 Å². The van der Waals surface area contributed by atoms with Crippen LogP contribution >= 0.6 is 0 Å². The third-order valence-electron chi connectivity index (χ3n) is 2.09. The molecule has 0 saturated heterocycles. The minimum atomic E-state index is -0.187. The van der Waals surface area contributed by atoms with Crippen molar-refractivity contribution in [1.82, 2.24) is 0 Å². The Morgan fingerprint density at radius 1 is 1.19 bits per heavy atom. The Morgan fingerprint density at radius 2 is 1.81 bits per heavy atom. The minimum absolute atomic E-state index is 0.187. The second-order valence-corrected chi connectivity index (χ2v) is 3.67. The lowest BCUT2D eigenvalue weighted by molar-refractivity contribution is -0.110. The number of benzene rings is 1. The predicted molar refractivity (Wildman–Crippen MR) is 69.3 cm³/mol. The van der Waals surface area contributed by atoms with Crippen LogP contribution in [-0.4, -0.2) is 19.9 Å². The first-order chi connectivity index (χ1) is 7.59. The molecule has 0 aliphatic rings. The maximum Gasteiger partial charge on any atom is 0.156 e. The smallest absolute Gasteiger partial charge is 0.156 e. The van der Waals surface area contributed by atoms with E-state index in [9.17, 15) is 4.79 Å². The molecule has 0 unspecified atom stereocenters. The number of allylic oxidation sites excluding steroid dienone is 3. The maximum atomic E-state index is 10.5. The first-order valence-electron chi connectivity index (χ1n) is 5.07. The Bertz CT molecular complexity index is 399. The van der Waals surface area contributed by atoms with E-state index in [-0.39, 0.29) is 5.78 Å². The highest BCUT2D eigenvalue weighted by atomic mass is 16.1. The van der Waals surface area contributed by atoms with Gasteiger partial charge in [0.15, 0.2) is 5.78 Å². The Balaban J connectivity index is 2.65. The van der Waals surface area contributed by atoms with Gasteiger partial charge in [-0.1, -0.05) is 30.4 Å². The van der Waals surface area contributed by atoms with Crippen molar-refractivity contribution < 1.29 is 4.79 Å². The van der Waals surface area contributed by atoms with Gasteiger partial charge in [-0.2, -0.15) is 0 Å². The quantitative estimate of drug-likeness (QED) is 0.567. The number of ketones is 1. The lowest BCUT2D eigenvalue weighted by atomic mass is 10.2. The first-order valence-corrected chi connectivity index (χ1v) is 5.07. The lowest BCUT2D eigenvalue weighted by Crippen LogP contribution is -2.07. The van der Waals surface area contributed by atoms with Gasteiger partial charge in [-0.15, -0.1) is 0 Å². The number of carbonyl (C=O) groups excluding carboxylic acids is 1. The molecule has 2 heteroatoms. The molecule has 1 aromatic carbocycles. The molecule has 0 spiro atoms. The number of anilines is 1. The molecule has 83 valence electrons. The molecule has 0 atom stereocenters. The predicted octanol–water partition coefficient (Wildman–Crippen LogP) is 2.73. The van der Waals surface area contributed by atoms with Gasteiger partial charge in [0.05, 0.1) is 0 Å². The average molecular weight is 214 g/mol. The fraction of sp³-hybridized carbons (Fsp3) is 0.143. The maximum absolute atomic E-state index is 10.5. The van der Waals surface area contributed by atoms with Gasteiger partial charge >= 0.3 is 0 Å². The van der Waals surface area contributed by atoms with Crippen molar-refractivity contribution in [3.63, 3.8) is 0 Å². The van der Waals surface area contributed by atoms with E-state index in [0.29, 0.717) is 0 Å². The monoisotopic (exact) mass is 214 g/mol. The molecule has 0 aliphatic heterocycles. The van der Waals surface area contributed by atoms with E-state index < -0.39 is 0 Å². The molecule has 1 aromatic rings. The second-order valence-electron chi connectivity index (χ2n) is 3.67. The normalized spacial score (nSPS) is 11.2. The molecule has 0 heterocycles. The second kappa shape index (κ2) is 5.91. The summed E-state index contributed by atoms with van der Waals surface area (Å²) < 4.78 is 0. The fourth-order valence-corrected chi connectivity index (χ4v) is 1.21. The molecule has 0 amide bonds. The van der Waals surface area contributed by atoms with Gasteiger partial charge in [0.1, 0.15) is 0 Å². The van der Waals surface area contributed by atoms with E-state index >= 15 is 0 Å². The van der Waals surface area contributed by atoms with Gasteiger partial charge in [-0.25, -0.2) is 0 Å². The standard InChI is InChI=1S/C14H16NO/c1-12(16)6-4-5-7-13-8-10-14(11-9-13)15(2)3/h4-11H,1H2,2-3H3. The minimum Gasteiger partial charge on any atom is -0.378 e. The highest BCUT2D eigenvalue weighted by Gasteiger charge is 1.92. The van der Waals surface area contributed by atoms with E-state index in [2.05, 4.69) is 24.0 Å². The van der Waals surface area contributed by atoms with E-state index in [0.717, 1.165) is 5.56 Å². The highest BCUT2D eigenvalue weighted by Crippen LogP contribution is 2.12. The van der Waals surface area contributed by atoms with Crippen LogP contribution in [0.1, 0.15) is 5.56 Å². The largest absolute Gasteiger partial charge is 0.378 e. The van der Waals surface area contributed by atoms with Gasteiger partial charge in [0, 0.05) is 26.7 Å². The van der Waals surface area contributed by atoms with Crippen LogP contribution in [0.25, 0.3) is 6.08 Å². The fourth-order valence-electron chi connectivity index (χ4n) is 1.21. The topological polar surface area (TPSA) is 20.3 Å². The van der Waals surface area contributed by atoms with Crippen molar-refractivity contribution in [2.75, 3.05) is 19.0 Å². The average Bonchev–Trinajstić information content (AvgIpc) is 2.25. The van der Waals surface area contributed by atoms with Gasteiger partial charge in [0.25, 0.3) is 0 Å². The van der Waals surface area contributed by atoms with Crippen LogP contribution in [0.5, 0.6) is 0 Å². The highest BCUT2D eigenvalue weighted by molar-refractivity contribution is 5.93. The van der Waals surface area contributed by atoms with Crippen molar-refractivity contribution in [2.45, 2.75) is 0 Å². The molecule has 0 fully saturated rings. The van der Waals surface area contributed by atoms with Crippen LogP contribution in [0.2, 0.25) is 0 Å². The SMILES string of the molecule is [CH2]C(=O)C=CC=Cc1ccc(N(C)C)cc1. The van der Waals surface area contributed by atoms with Gasteiger partial charge in [-0.3, -0.25) is 4.79 Å². The molecule has 1 radical (unpaired) electrons. The summed E-state index contributed by atoms with van der Waals surface area (Å²) in [4.78, 5) is 12.6. The molecule has 0 aromatic heterocycles. The van der Waals surface area contributed by atoms with E-state index in [1.54, 1.807) is 6.08 Å². The van der Waals surface area contributed by atoms with Gasteiger partial charge in [0.2, 0.25) is 0 Å². The van der Waals surface area contributed by atoms with Crippen molar-refractivity contribution in [3.05, 3.63) is 55.0 Å². The Morgan fingerprint density at radius 3 is 2.31 bits per heavy atom. The summed E-state index contributed by atoms with van der Waals surface area (Å²) in [5, 5.41) is 0. The van der Waals surface area contributed by atoms with Gasteiger partial charge in [-0.05, 0) is 23.8 Å². The lowest BCUT2D eigenvalue weighted by Gasteiger charge is -2.11. The van der Waals surface area contributed by atoms with Crippen LogP contribution in [0.3, 0.4) is 0 Å². The van der Waals surface area contributed by atoms with Crippen molar-refractivity contribution in [1.29, 1.82) is 0 Å². The van der Waals surface area contributed by atoms with E-state index in [1.807, 2.05) is 38.4 Å². The summed E-state index contributed by atoms with van der Waals surface area (Å²) in [5.41, 5.74) is 2.27. The zero-order valence-electron chi connectivity index (χ0n) is 9.68. The summed E-state index contributed by atoms with van der Waals surface area (Å²) in [5.74, 6) is -0.187. The van der Waals surface area contributed by atoms with E-state index in [4.69, 9.17) is 0 Å². The summed E-state index contributed by atoms with van der Waals surface area (Å²) in [6.07, 6.45) is 6.90. The van der Waals surface area contributed by atoms with Crippen LogP contribution < -0.4 is 4.90 Å². The molecule has 0 saturated carbocycles. The van der Waals surface area contributed by atoms with Gasteiger partial charge < -0.3 is 4.90 Å². The third kappa shape index (κ3) is 4.13. The summed E-state index contributed by atoms with van der Waals surface area (Å²) >= 11 is 0. The van der Waals surface area contributed by atoms with Crippen molar-refractivity contribution in [3.8, 4) is 0 Å². The van der Waals surface area contributed by atoms with Crippen LogP contribution in [0, 0.1) is 6.92 Å². The number of hydrogen-bond donors (Lipinski definition) is 0. The summed E-state index contributed by atoms with van der Waals surface area (Å²) in [7, 11) is 4.01. The zero-order valence-corrected chi connectivity index (χ0v) is 9.68. The number of rotatable bonds is 4. The Hall–Kier alpha value is -1.83. The molecule has 1 rings (SSSR count). The zero-order chi connectivity index (χ0) is 12.0. The third-order valence-corrected chi connectivity index (χ3v) is 2.09. The van der Waals surface area contributed by atoms with Crippen LogP contribution in [-0.2, 0) is 4.79 Å². The van der Waals surface area contributed by atoms with Crippen LogP contribution in [0.4, 0.5) is 5.69 Å². The number of nitrogens with zero attached hydrogens (tertiary/aromatic N) is 1. The molecular weight excluding hydrogens is 198 g/mol. The summed E-state index contributed by atoms with van der Waals surface area (Å²) in [6, 6.07) is 8.17. The number of carbonyl (C=O) groups is 1. The summed E-state index contributed by atoms with van der Waals surface area (Å²) in [6.45, 7) is 3.25. The number of hydrogen-bond acceptors (Lipinski definition) is 2. The molecule has 0 bridgehead atoms. The molecular formula is C14H16NO. The van der Waals surface area contributed by atoms with Crippen molar-refractivity contribution >= 4 is 17.5 Å². The molecule has 0 N–H and O–H groups in total. The molecule has 16 heavy (non-hydrogen) atoms. The Labute approximate surface area is 96.9 Å². The molecule has 0 aliphatic carbocycles. The van der Waals surface area contributed by atoms with E-state index in [1.165, 1.54) is 11.8 Å². The molecule has 2 nitrogen and oxygen atoms in total. The Kier molecular flexibility index (Phi) is 4.52. The van der Waals surface area contributed by atoms with Crippen molar-refractivity contribution in [2.24, 2.45) is 0 Å².